The van der Waals surface area contributed by atoms with Crippen molar-refractivity contribution >= 4 is 11.8 Å². The van der Waals surface area contributed by atoms with Crippen LogP contribution in [0.1, 0.15) is 0 Å². The quantitative estimate of drug-likeness (QED) is 0.493. The number of thioether (sulfide) groups is 1. The van der Waals surface area contributed by atoms with Crippen LogP contribution in [-0.4, -0.2) is 58.0 Å². The first-order valence-electron chi connectivity index (χ1n) is 9.94. The number of methoxy groups -OCH3 is 6. The molecule has 0 atom stereocenters. The Bertz CT molecular complexity index is 1090. The molecule has 0 amide bonds. The molecule has 9 heteroatoms. The molecule has 0 unspecified atom stereocenters. The van der Waals surface area contributed by atoms with E-state index in [0.717, 1.165) is 40.0 Å². The smallest absolute Gasteiger partial charge is 0.203 e. The molecule has 0 radical (unpaired) electrons. The fourth-order valence-corrected chi connectivity index (χ4v) is 4.86. The number of imidazole rings is 1. The average Bonchev–Trinajstić information content (AvgIpc) is 3.43. The van der Waals surface area contributed by atoms with Crippen molar-refractivity contribution in [2.45, 2.75) is 11.7 Å². The van der Waals surface area contributed by atoms with E-state index in [2.05, 4.69) is 4.57 Å². The maximum Gasteiger partial charge on any atom is 0.203 e. The fourth-order valence-electron chi connectivity index (χ4n) is 3.91. The zero-order chi connectivity index (χ0) is 22.8. The summed E-state index contributed by atoms with van der Waals surface area (Å²) >= 11 is 1.72. The minimum absolute atomic E-state index is 0.536. The van der Waals surface area contributed by atoms with Gasteiger partial charge in [0.1, 0.15) is 0 Å². The monoisotopic (exact) mass is 458 g/mol. The third-order valence-corrected chi connectivity index (χ3v) is 6.31. The molecule has 0 bridgehead atoms. The van der Waals surface area contributed by atoms with Crippen LogP contribution in [0.2, 0.25) is 0 Å². The van der Waals surface area contributed by atoms with Crippen molar-refractivity contribution in [3.63, 3.8) is 0 Å². The van der Waals surface area contributed by atoms with E-state index in [0.29, 0.717) is 34.5 Å². The van der Waals surface area contributed by atoms with Gasteiger partial charge in [-0.3, -0.25) is 0 Å². The Kier molecular flexibility index (Phi) is 6.27. The lowest BCUT2D eigenvalue weighted by atomic mass is 10.0. The topological polar surface area (TPSA) is 73.2 Å². The molecule has 2 heterocycles. The summed E-state index contributed by atoms with van der Waals surface area (Å²) < 4.78 is 35.5. The van der Waals surface area contributed by atoms with E-state index in [1.807, 2.05) is 24.3 Å². The lowest BCUT2D eigenvalue weighted by Crippen LogP contribution is -2.01. The summed E-state index contributed by atoms with van der Waals surface area (Å²) in [5.41, 5.74) is 3.52. The summed E-state index contributed by atoms with van der Waals surface area (Å²) in [7, 11) is 9.60. The van der Waals surface area contributed by atoms with Gasteiger partial charge in [-0.2, -0.15) is 0 Å². The standard InChI is InChI=1S/C23H26N2O6S/c1-26-15-9-13(10-16(27-2)21(15)30-5)19-20(25-7-8-32-23(25)24-19)14-11-17(28-3)22(31-6)18(12-14)29-4/h9-12H,7-8H2,1-6H3. The van der Waals surface area contributed by atoms with Crippen molar-refractivity contribution in [2.75, 3.05) is 48.4 Å². The molecule has 8 nitrogen and oxygen atoms in total. The lowest BCUT2D eigenvalue weighted by molar-refractivity contribution is 0.324. The first-order chi connectivity index (χ1) is 15.6. The van der Waals surface area contributed by atoms with Crippen LogP contribution < -0.4 is 28.4 Å². The predicted octanol–water partition coefficient (Wildman–Crippen LogP) is 4.37. The summed E-state index contributed by atoms with van der Waals surface area (Å²) in [4.78, 5) is 4.96. The normalized spacial score (nSPS) is 12.3. The second-order valence-electron chi connectivity index (χ2n) is 6.92. The van der Waals surface area contributed by atoms with E-state index in [1.54, 1.807) is 54.4 Å². The minimum atomic E-state index is 0.536. The second-order valence-corrected chi connectivity index (χ2v) is 7.98. The number of nitrogens with zero attached hydrogens (tertiary/aromatic N) is 2. The fraction of sp³-hybridized carbons (Fsp3) is 0.348. The lowest BCUT2D eigenvalue weighted by Gasteiger charge is -2.17. The highest BCUT2D eigenvalue weighted by Gasteiger charge is 2.27. The Morgan fingerprint density at radius 3 is 1.59 bits per heavy atom. The molecule has 0 fully saturated rings. The largest absolute Gasteiger partial charge is 0.493 e. The first-order valence-corrected chi connectivity index (χ1v) is 10.9. The van der Waals surface area contributed by atoms with Gasteiger partial charge in [-0.25, -0.2) is 4.98 Å². The average molecular weight is 459 g/mol. The zero-order valence-electron chi connectivity index (χ0n) is 19.0. The summed E-state index contributed by atoms with van der Waals surface area (Å²) in [6.07, 6.45) is 0. The maximum atomic E-state index is 5.59. The van der Waals surface area contributed by atoms with Gasteiger partial charge in [-0.05, 0) is 24.3 Å². The van der Waals surface area contributed by atoms with Crippen LogP contribution in [0.15, 0.2) is 29.4 Å². The molecule has 2 aromatic carbocycles. The molecule has 1 aliphatic rings. The summed E-state index contributed by atoms with van der Waals surface area (Å²) in [6, 6.07) is 7.70. The molecule has 1 aromatic heterocycles. The molecule has 3 aromatic rings. The van der Waals surface area contributed by atoms with Gasteiger partial charge in [-0.1, -0.05) is 11.8 Å². The van der Waals surface area contributed by atoms with Gasteiger partial charge in [0.05, 0.1) is 54.0 Å². The summed E-state index contributed by atoms with van der Waals surface area (Å²) in [6.45, 7) is 0.851. The van der Waals surface area contributed by atoms with E-state index in [1.165, 1.54) is 0 Å². The number of aromatic nitrogens is 2. The molecule has 32 heavy (non-hydrogen) atoms. The number of ether oxygens (including phenoxy) is 6. The van der Waals surface area contributed by atoms with Crippen molar-refractivity contribution in [2.24, 2.45) is 0 Å². The van der Waals surface area contributed by atoms with Gasteiger partial charge in [0.15, 0.2) is 28.2 Å². The number of rotatable bonds is 8. The van der Waals surface area contributed by atoms with Crippen LogP contribution >= 0.6 is 11.8 Å². The molecular weight excluding hydrogens is 432 g/mol. The van der Waals surface area contributed by atoms with E-state index in [-0.39, 0.29) is 0 Å². The SMILES string of the molecule is COc1cc(-c2nc3n(c2-c2cc(OC)c(OC)c(OC)c2)CCS3)cc(OC)c1OC. The van der Waals surface area contributed by atoms with E-state index < -0.39 is 0 Å². The van der Waals surface area contributed by atoms with Crippen LogP contribution in [0.4, 0.5) is 0 Å². The van der Waals surface area contributed by atoms with Crippen LogP contribution in [0, 0.1) is 0 Å². The highest BCUT2D eigenvalue weighted by atomic mass is 32.2. The van der Waals surface area contributed by atoms with Crippen molar-refractivity contribution < 1.29 is 28.4 Å². The zero-order valence-corrected chi connectivity index (χ0v) is 19.8. The molecule has 0 N–H and O–H groups in total. The Balaban J connectivity index is 1.98. The molecule has 0 saturated carbocycles. The van der Waals surface area contributed by atoms with Gasteiger partial charge < -0.3 is 33.0 Å². The number of hydrogen-bond donors (Lipinski definition) is 0. The third-order valence-electron chi connectivity index (χ3n) is 5.35. The van der Waals surface area contributed by atoms with Crippen molar-refractivity contribution in [3.05, 3.63) is 24.3 Å². The van der Waals surface area contributed by atoms with E-state index in [9.17, 15) is 0 Å². The van der Waals surface area contributed by atoms with Crippen LogP contribution in [-0.2, 0) is 6.54 Å². The van der Waals surface area contributed by atoms with Gasteiger partial charge >= 0.3 is 0 Å². The molecule has 0 saturated heterocycles. The van der Waals surface area contributed by atoms with Gasteiger partial charge in [0.25, 0.3) is 0 Å². The van der Waals surface area contributed by atoms with E-state index in [4.69, 9.17) is 33.4 Å². The Hall–Kier alpha value is -3.20. The maximum absolute atomic E-state index is 5.59. The number of benzene rings is 2. The first kappa shape index (κ1) is 22.0. The van der Waals surface area contributed by atoms with Gasteiger partial charge in [0, 0.05) is 23.4 Å². The molecule has 1 aliphatic heterocycles. The predicted molar refractivity (Wildman–Crippen MR) is 123 cm³/mol. The molecule has 0 spiro atoms. The summed E-state index contributed by atoms with van der Waals surface area (Å²) in [5, 5.41) is 0.956. The molecule has 0 aliphatic carbocycles. The van der Waals surface area contributed by atoms with Crippen LogP contribution in [0.3, 0.4) is 0 Å². The molecule has 4 rings (SSSR count). The van der Waals surface area contributed by atoms with Crippen molar-refractivity contribution in [1.82, 2.24) is 9.55 Å². The Labute approximate surface area is 191 Å². The van der Waals surface area contributed by atoms with Crippen LogP contribution in [0.5, 0.6) is 34.5 Å². The third kappa shape index (κ3) is 3.56. The van der Waals surface area contributed by atoms with Crippen molar-refractivity contribution in [3.8, 4) is 57.0 Å². The van der Waals surface area contributed by atoms with Gasteiger partial charge in [-0.15, -0.1) is 0 Å². The Morgan fingerprint density at radius 2 is 1.16 bits per heavy atom. The van der Waals surface area contributed by atoms with Crippen LogP contribution in [0.25, 0.3) is 22.5 Å². The van der Waals surface area contributed by atoms with Gasteiger partial charge in [0.2, 0.25) is 11.5 Å². The molecule has 170 valence electrons. The number of hydrogen-bond acceptors (Lipinski definition) is 8. The molecular formula is C23H26N2O6S. The Morgan fingerprint density at radius 1 is 0.688 bits per heavy atom. The highest BCUT2D eigenvalue weighted by molar-refractivity contribution is 7.99. The number of fused-ring (bicyclic) bond motifs is 1. The van der Waals surface area contributed by atoms with E-state index >= 15 is 0 Å². The van der Waals surface area contributed by atoms with Crippen molar-refractivity contribution in [1.29, 1.82) is 0 Å². The minimum Gasteiger partial charge on any atom is -0.493 e. The highest BCUT2D eigenvalue weighted by Crippen LogP contribution is 2.47. The summed E-state index contributed by atoms with van der Waals surface area (Å²) in [5.74, 6) is 4.35. The second kappa shape index (κ2) is 9.12.